The van der Waals surface area contributed by atoms with Gasteiger partial charge in [0.15, 0.2) is 0 Å². The van der Waals surface area contributed by atoms with Gasteiger partial charge in [-0.2, -0.15) is 0 Å². The van der Waals surface area contributed by atoms with Crippen LogP contribution < -0.4 is 15.0 Å². The zero-order chi connectivity index (χ0) is 21.9. The number of rotatable bonds is 7. The van der Waals surface area contributed by atoms with Crippen molar-refractivity contribution in [2.75, 3.05) is 16.8 Å². The highest BCUT2D eigenvalue weighted by Gasteiger charge is 2.39. The van der Waals surface area contributed by atoms with E-state index in [1.807, 2.05) is 0 Å². The summed E-state index contributed by atoms with van der Waals surface area (Å²) in [6, 6.07) is 10.4. The summed E-state index contributed by atoms with van der Waals surface area (Å²) < 4.78 is 34.4. The molecular formula is C20H17ClF2N2O5. The molecule has 0 radical (unpaired) electrons. The van der Waals surface area contributed by atoms with Gasteiger partial charge in [0.25, 0.3) is 5.91 Å². The second kappa shape index (κ2) is 8.66. The standard InChI is InChI=1S/C20H17ClF2N2O5/c1-2-29-19(28)12-3-7-14(8-4-12)25-17(26)11-16(18(25)27)24-13-5-9-15(10-6-13)30-20(21,22)23/h3-10,16,24H,2,11H2,1H3/t16-/m1/s1. The van der Waals surface area contributed by atoms with E-state index in [2.05, 4.69) is 10.1 Å². The second-order valence-corrected chi connectivity index (χ2v) is 6.75. The number of nitrogens with one attached hydrogen (secondary N) is 1. The molecule has 2 aromatic carbocycles. The summed E-state index contributed by atoms with van der Waals surface area (Å²) in [5.74, 6) is -1.54. The van der Waals surface area contributed by atoms with E-state index in [0.717, 1.165) is 4.90 Å². The number of nitrogens with zero attached hydrogens (tertiary/aromatic N) is 1. The summed E-state index contributed by atoms with van der Waals surface area (Å²) in [5, 5.41) is 2.89. The lowest BCUT2D eigenvalue weighted by Gasteiger charge is -2.17. The van der Waals surface area contributed by atoms with Crippen molar-refractivity contribution in [3.8, 4) is 5.75 Å². The van der Waals surface area contributed by atoms with Crippen molar-refractivity contribution in [3.05, 3.63) is 54.1 Å². The quantitative estimate of drug-likeness (QED) is 0.402. The Kier molecular flexibility index (Phi) is 6.21. The Bertz CT molecular complexity index is 945. The summed E-state index contributed by atoms with van der Waals surface area (Å²) in [5.41, 5.74) is -2.76. The zero-order valence-electron chi connectivity index (χ0n) is 15.7. The first-order valence-corrected chi connectivity index (χ1v) is 9.32. The number of carbonyl (C=O) groups excluding carboxylic acids is 3. The molecule has 7 nitrogen and oxygen atoms in total. The Morgan fingerprint density at radius 1 is 1.17 bits per heavy atom. The molecule has 30 heavy (non-hydrogen) atoms. The molecule has 0 aromatic heterocycles. The largest absolute Gasteiger partial charge is 0.487 e. The van der Waals surface area contributed by atoms with Crippen molar-refractivity contribution < 1.29 is 32.6 Å². The molecule has 1 fully saturated rings. The number of imide groups is 1. The lowest BCUT2D eigenvalue weighted by atomic mass is 10.2. The Morgan fingerprint density at radius 2 is 1.80 bits per heavy atom. The molecule has 2 amide bonds. The average Bonchev–Trinajstić information content (AvgIpc) is 2.96. The van der Waals surface area contributed by atoms with Gasteiger partial charge in [0.05, 0.1) is 24.3 Å². The monoisotopic (exact) mass is 438 g/mol. The van der Waals surface area contributed by atoms with Crippen molar-refractivity contribution in [1.82, 2.24) is 0 Å². The van der Waals surface area contributed by atoms with Gasteiger partial charge in [0.1, 0.15) is 11.8 Å². The van der Waals surface area contributed by atoms with E-state index in [4.69, 9.17) is 16.3 Å². The number of amides is 2. The molecule has 2 aromatic rings. The number of esters is 1. The summed E-state index contributed by atoms with van der Waals surface area (Å²) in [7, 11) is 0. The predicted molar refractivity (Wildman–Crippen MR) is 105 cm³/mol. The van der Waals surface area contributed by atoms with Gasteiger partial charge in [-0.05, 0) is 55.5 Å². The van der Waals surface area contributed by atoms with Crippen LogP contribution in [0.4, 0.5) is 20.2 Å². The van der Waals surface area contributed by atoms with Crippen LogP contribution in [-0.4, -0.2) is 36.0 Å². The van der Waals surface area contributed by atoms with Gasteiger partial charge in [0.2, 0.25) is 5.91 Å². The molecule has 1 aliphatic rings. The third kappa shape index (κ3) is 5.04. The first kappa shape index (κ1) is 21.5. The molecule has 3 rings (SSSR count). The molecule has 158 valence electrons. The lowest BCUT2D eigenvalue weighted by Crippen LogP contribution is -2.34. The van der Waals surface area contributed by atoms with Gasteiger partial charge in [-0.3, -0.25) is 9.59 Å². The smallest absolute Gasteiger partial charge is 0.462 e. The number of carbonyl (C=O) groups is 3. The van der Waals surface area contributed by atoms with Gasteiger partial charge in [-0.25, -0.2) is 9.69 Å². The van der Waals surface area contributed by atoms with Gasteiger partial charge in [-0.15, -0.1) is 8.78 Å². The predicted octanol–water partition coefficient (Wildman–Crippen LogP) is 3.78. The number of hydrogen-bond acceptors (Lipinski definition) is 6. The molecule has 10 heteroatoms. The molecule has 1 atom stereocenters. The molecule has 1 saturated heterocycles. The molecule has 0 bridgehead atoms. The highest BCUT2D eigenvalue weighted by atomic mass is 35.5. The number of anilines is 2. The highest BCUT2D eigenvalue weighted by molar-refractivity contribution is 6.23. The molecule has 1 N–H and O–H groups in total. The van der Waals surface area contributed by atoms with Gasteiger partial charge in [-0.1, -0.05) is 0 Å². The molecule has 0 aliphatic carbocycles. The topological polar surface area (TPSA) is 84.9 Å². The minimum atomic E-state index is -3.83. The van der Waals surface area contributed by atoms with Crippen LogP contribution >= 0.6 is 11.6 Å². The molecule has 1 heterocycles. The van der Waals surface area contributed by atoms with Crippen LogP contribution in [0.5, 0.6) is 5.75 Å². The van der Waals surface area contributed by atoms with E-state index in [9.17, 15) is 23.2 Å². The van der Waals surface area contributed by atoms with Crippen LogP contribution in [0, 0.1) is 0 Å². The summed E-state index contributed by atoms with van der Waals surface area (Å²) in [6.07, 6.45) is -0.0868. The van der Waals surface area contributed by atoms with Crippen molar-refractivity contribution in [2.45, 2.75) is 25.0 Å². The van der Waals surface area contributed by atoms with E-state index < -0.39 is 29.4 Å². The fourth-order valence-electron chi connectivity index (χ4n) is 2.93. The van der Waals surface area contributed by atoms with Crippen molar-refractivity contribution in [1.29, 1.82) is 0 Å². The maximum absolute atomic E-state index is 12.7. The molecule has 1 aliphatic heterocycles. The normalized spacial score (nSPS) is 16.5. The van der Waals surface area contributed by atoms with E-state index in [-0.39, 0.29) is 18.8 Å². The van der Waals surface area contributed by atoms with E-state index in [0.29, 0.717) is 16.9 Å². The van der Waals surface area contributed by atoms with Crippen molar-refractivity contribution >= 4 is 40.8 Å². The number of hydrogen-bond donors (Lipinski definition) is 1. The van der Waals surface area contributed by atoms with Crippen molar-refractivity contribution in [2.24, 2.45) is 0 Å². The third-order valence-corrected chi connectivity index (χ3v) is 4.29. The number of alkyl halides is 3. The Morgan fingerprint density at radius 3 is 2.37 bits per heavy atom. The zero-order valence-corrected chi connectivity index (χ0v) is 16.5. The SMILES string of the molecule is CCOC(=O)c1ccc(N2C(=O)C[C@@H](Nc3ccc(OC(F)(F)Cl)cc3)C2=O)cc1. The van der Waals surface area contributed by atoms with Crippen LogP contribution in [-0.2, 0) is 14.3 Å². The minimum absolute atomic E-state index is 0.0868. The highest BCUT2D eigenvalue weighted by Crippen LogP contribution is 2.28. The Hall–Kier alpha value is -3.20. The van der Waals surface area contributed by atoms with Crippen LogP contribution in [0.2, 0.25) is 0 Å². The summed E-state index contributed by atoms with van der Waals surface area (Å²) >= 11 is 4.71. The molecule has 0 unspecified atom stereocenters. The first-order valence-electron chi connectivity index (χ1n) is 8.94. The Balaban J connectivity index is 1.68. The van der Waals surface area contributed by atoms with Gasteiger partial charge in [0, 0.05) is 17.3 Å². The van der Waals surface area contributed by atoms with E-state index in [1.165, 1.54) is 48.5 Å². The number of halogens is 3. The van der Waals surface area contributed by atoms with Crippen LogP contribution in [0.25, 0.3) is 0 Å². The van der Waals surface area contributed by atoms with Crippen molar-refractivity contribution in [3.63, 3.8) is 0 Å². The molecule has 0 saturated carbocycles. The average molecular weight is 439 g/mol. The second-order valence-electron chi connectivity index (χ2n) is 6.31. The Labute approximate surface area is 175 Å². The number of ether oxygens (including phenoxy) is 2. The fourth-order valence-corrected chi connectivity index (χ4v) is 3.02. The van der Waals surface area contributed by atoms with Gasteiger partial charge >= 0.3 is 11.5 Å². The fraction of sp³-hybridized carbons (Fsp3) is 0.250. The van der Waals surface area contributed by atoms with E-state index in [1.54, 1.807) is 6.92 Å². The summed E-state index contributed by atoms with van der Waals surface area (Å²) in [6.45, 7) is 1.92. The number of benzene rings is 2. The minimum Gasteiger partial charge on any atom is -0.462 e. The molecule has 0 spiro atoms. The maximum Gasteiger partial charge on any atom is 0.487 e. The maximum atomic E-state index is 12.7. The van der Waals surface area contributed by atoms with E-state index >= 15 is 0 Å². The van der Waals surface area contributed by atoms with Crippen LogP contribution in [0.15, 0.2) is 48.5 Å². The van der Waals surface area contributed by atoms with Crippen LogP contribution in [0.3, 0.4) is 0 Å². The van der Waals surface area contributed by atoms with Crippen LogP contribution in [0.1, 0.15) is 23.7 Å². The lowest BCUT2D eigenvalue weighted by molar-refractivity contribution is -0.121. The molecular weight excluding hydrogens is 422 g/mol. The first-order chi connectivity index (χ1) is 14.2. The summed E-state index contributed by atoms with van der Waals surface area (Å²) in [4.78, 5) is 37.8. The third-order valence-electron chi connectivity index (χ3n) is 4.21. The van der Waals surface area contributed by atoms with Gasteiger partial charge < -0.3 is 14.8 Å².